The molecule has 3 aromatic rings. The monoisotopic (exact) mass is 325 g/mol. The number of methoxy groups -OCH3 is 1. The maximum Gasteiger partial charge on any atom is 0.336 e. The van der Waals surface area contributed by atoms with Gasteiger partial charge >= 0.3 is 5.97 Å². The van der Waals surface area contributed by atoms with E-state index in [-0.39, 0.29) is 11.3 Å². The van der Waals surface area contributed by atoms with Crippen LogP contribution >= 0.6 is 0 Å². The van der Waals surface area contributed by atoms with Gasteiger partial charge in [-0.1, -0.05) is 11.6 Å². The molecule has 0 amide bonds. The number of aromatic nitrogens is 1. The zero-order valence-corrected chi connectivity index (χ0v) is 13.6. The van der Waals surface area contributed by atoms with E-state index in [1.54, 1.807) is 12.1 Å². The minimum absolute atomic E-state index is 0.129. The van der Waals surface area contributed by atoms with Crippen molar-refractivity contribution in [2.75, 3.05) is 7.11 Å². The zero-order chi connectivity index (χ0) is 17.4. The van der Waals surface area contributed by atoms with Crippen LogP contribution in [-0.2, 0) is 0 Å². The average Bonchev–Trinajstić information content (AvgIpc) is 2.53. The number of aromatic carboxylic acids is 1. The van der Waals surface area contributed by atoms with Gasteiger partial charge < -0.3 is 9.84 Å². The maximum absolute atomic E-state index is 14.0. The Bertz CT molecular complexity index is 966. The number of aryl methyl sites for hydroxylation is 2. The molecule has 0 aliphatic carbocycles. The number of benzene rings is 2. The van der Waals surface area contributed by atoms with Crippen molar-refractivity contribution in [1.82, 2.24) is 4.98 Å². The molecule has 0 radical (unpaired) electrons. The van der Waals surface area contributed by atoms with Gasteiger partial charge in [0.25, 0.3) is 0 Å². The molecular weight excluding hydrogens is 309 g/mol. The number of hydrogen-bond acceptors (Lipinski definition) is 3. The molecule has 0 saturated heterocycles. The fourth-order valence-corrected chi connectivity index (χ4v) is 2.83. The summed E-state index contributed by atoms with van der Waals surface area (Å²) < 4.78 is 18.9. The number of nitrogens with zero attached hydrogens (tertiary/aromatic N) is 1. The van der Waals surface area contributed by atoms with Gasteiger partial charge in [-0.2, -0.15) is 0 Å². The van der Waals surface area contributed by atoms with Gasteiger partial charge in [-0.3, -0.25) is 0 Å². The summed E-state index contributed by atoms with van der Waals surface area (Å²) in [5.74, 6) is -1.43. The van der Waals surface area contributed by atoms with E-state index >= 15 is 0 Å². The summed E-state index contributed by atoms with van der Waals surface area (Å²) in [6.07, 6.45) is 0. The molecular formula is C19H16FNO3. The van der Waals surface area contributed by atoms with E-state index in [1.807, 2.05) is 19.9 Å². The third-order valence-electron chi connectivity index (χ3n) is 3.93. The molecule has 0 bridgehead atoms. The second-order valence-corrected chi connectivity index (χ2v) is 5.69. The number of halogens is 1. The number of fused-ring (bicyclic) bond motifs is 1. The van der Waals surface area contributed by atoms with Crippen LogP contribution in [-0.4, -0.2) is 23.2 Å². The molecule has 3 rings (SSSR count). The minimum Gasteiger partial charge on any atom is -0.494 e. The lowest BCUT2D eigenvalue weighted by molar-refractivity contribution is 0.0699. The normalized spacial score (nSPS) is 10.8. The van der Waals surface area contributed by atoms with Crippen molar-refractivity contribution < 1.29 is 19.0 Å². The van der Waals surface area contributed by atoms with E-state index in [4.69, 9.17) is 4.74 Å². The van der Waals surface area contributed by atoms with Crippen LogP contribution < -0.4 is 4.74 Å². The quantitative estimate of drug-likeness (QED) is 0.777. The van der Waals surface area contributed by atoms with Gasteiger partial charge in [0.2, 0.25) is 0 Å². The molecule has 0 atom stereocenters. The number of hydrogen-bond donors (Lipinski definition) is 1. The predicted octanol–water partition coefficient (Wildman–Crippen LogP) is 4.36. The van der Waals surface area contributed by atoms with Crippen LogP contribution in [0.5, 0.6) is 5.75 Å². The molecule has 0 unspecified atom stereocenters. The van der Waals surface area contributed by atoms with Crippen LogP contribution in [0.2, 0.25) is 0 Å². The standard InChI is InChI=1S/C19H16FNO3/c1-10-6-11(2)18-13(7-10)14(19(22)23)9-16(21-18)12-4-5-17(24-3)15(20)8-12/h4-9H,1-3H3,(H,22,23). The summed E-state index contributed by atoms with van der Waals surface area (Å²) in [6.45, 7) is 3.79. The number of pyridine rings is 1. The van der Waals surface area contributed by atoms with Crippen molar-refractivity contribution in [3.8, 4) is 17.0 Å². The molecule has 1 aromatic heterocycles. The number of carboxylic acids is 1. The van der Waals surface area contributed by atoms with Gasteiger partial charge in [0.1, 0.15) is 0 Å². The van der Waals surface area contributed by atoms with E-state index < -0.39 is 11.8 Å². The molecule has 0 fully saturated rings. The first-order chi connectivity index (χ1) is 11.4. The van der Waals surface area contributed by atoms with E-state index in [2.05, 4.69) is 4.98 Å². The van der Waals surface area contributed by atoms with E-state index in [0.717, 1.165) is 11.1 Å². The van der Waals surface area contributed by atoms with Gasteiger partial charge in [0, 0.05) is 10.9 Å². The van der Waals surface area contributed by atoms with Gasteiger partial charge in [0.05, 0.1) is 23.9 Å². The van der Waals surface area contributed by atoms with Crippen molar-refractivity contribution in [2.45, 2.75) is 13.8 Å². The minimum atomic E-state index is -1.04. The van der Waals surface area contributed by atoms with Crippen LogP contribution in [0.4, 0.5) is 4.39 Å². The van der Waals surface area contributed by atoms with Crippen LogP contribution in [0, 0.1) is 19.7 Å². The zero-order valence-electron chi connectivity index (χ0n) is 13.6. The van der Waals surface area contributed by atoms with Gasteiger partial charge in [-0.05, 0) is 49.7 Å². The summed E-state index contributed by atoms with van der Waals surface area (Å²) in [5.41, 5.74) is 3.51. The second-order valence-electron chi connectivity index (χ2n) is 5.69. The van der Waals surface area contributed by atoms with Gasteiger partial charge in [-0.15, -0.1) is 0 Å². The van der Waals surface area contributed by atoms with Gasteiger partial charge in [-0.25, -0.2) is 14.2 Å². The van der Waals surface area contributed by atoms with E-state index in [9.17, 15) is 14.3 Å². The molecule has 0 aliphatic heterocycles. The summed E-state index contributed by atoms with van der Waals surface area (Å²) in [6, 6.07) is 9.67. The number of rotatable bonds is 3. The molecule has 122 valence electrons. The highest BCUT2D eigenvalue weighted by Crippen LogP contribution is 2.30. The third kappa shape index (κ3) is 2.69. The third-order valence-corrected chi connectivity index (χ3v) is 3.93. The Morgan fingerprint density at radius 1 is 1.17 bits per heavy atom. The fourth-order valence-electron chi connectivity index (χ4n) is 2.83. The molecule has 2 aromatic carbocycles. The van der Waals surface area contributed by atoms with Crippen LogP contribution in [0.1, 0.15) is 21.5 Å². The Hall–Kier alpha value is -2.95. The SMILES string of the molecule is COc1ccc(-c2cc(C(=O)O)c3cc(C)cc(C)c3n2)cc1F. The van der Waals surface area contributed by atoms with E-state index in [0.29, 0.717) is 22.2 Å². The fraction of sp³-hybridized carbons (Fsp3) is 0.158. The summed E-state index contributed by atoms with van der Waals surface area (Å²) in [7, 11) is 1.39. The molecule has 0 saturated carbocycles. The van der Waals surface area contributed by atoms with Crippen LogP contribution in [0.15, 0.2) is 36.4 Å². The molecule has 0 aliphatic rings. The largest absolute Gasteiger partial charge is 0.494 e. The lowest BCUT2D eigenvalue weighted by Crippen LogP contribution is -2.02. The van der Waals surface area contributed by atoms with Crippen LogP contribution in [0.3, 0.4) is 0 Å². The molecule has 1 heterocycles. The maximum atomic E-state index is 14.0. The smallest absolute Gasteiger partial charge is 0.336 e. The van der Waals surface area contributed by atoms with Crippen molar-refractivity contribution in [2.24, 2.45) is 0 Å². The van der Waals surface area contributed by atoms with Crippen molar-refractivity contribution in [3.05, 3.63) is 58.9 Å². The predicted molar refractivity (Wildman–Crippen MR) is 90.1 cm³/mol. The Labute approximate surface area is 138 Å². The number of ether oxygens (including phenoxy) is 1. The highest BCUT2D eigenvalue weighted by atomic mass is 19.1. The van der Waals surface area contributed by atoms with Crippen molar-refractivity contribution in [3.63, 3.8) is 0 Å². The molecule has 1 N–H and O–H groups in total. The Balaban J connectivity index is 2.30. The number of carbonyl (C=O) groups is 1. The summed E-state index contributed by atoms with van der Waals surface area (Å²) >= 11 is 0. The highest BCUT2D eigenvalue weighted by Gasteiger charge is 2.15. The van der Waals surface area contributed by atoms with Crippen molar-refractivity contribution >= 4 is 16.9 Å². The highest BCUT2D eigenvalue weighted by molar-refractivity contribution is 6.04. The van der Waals surface area contributed by atoms with Crippen molar-refractivity contribution in [1.29, 1.82) is 0 Å². The first-order valence-corrected chi connectivity index (χ1v) is 7.40. The number of carboxylic acid groups (broad SMARTS) is 1. The van der Waals surface area contributed by atoms with E-state index in [1.165, 1.54) is 25.3 Å². The first kappa shape index (κ1) is 15.9. The lowest BCUT2D eigenvalue weighted by atomic mass is 10.00. The average molecular weight is 325 g/mol. The van der Waals surface area contributed by atoms with Crippen LogP contribution in [0.25, 0.3) is 22.2 Å². The summed E-state index contributed by atoms with van der Waals surface area (Å²) in [5, 5.41) is 10.1. The molecule has 5 heteroatoms. The topological polar surface area (TPSA) is 59.4 Å². The second kappa shape index (κ2) is 5.92. The molecule has 24 heavy (non-hydrogen) atoms. The molecule has 4 nitrogen and oxygen atoms in total. The molecule has 0 spiro atoms. The Morgan fingerprint density at radius 3 is 2.54 bits per heavy atom. The first-order valence-electron chi connectivity index (χ1n) is 7.40. The lowest BCUT2D eigenvalue weighted by Gasteiger charge is -2.11. The Kier molecular flexibility index (Phi) is 3.93. The summed E-state index contributed by atoms with van der Waals surface area (Å²) in [4.78, 5) is 16.2. The Morgan fingerprint density at radius 2 is 1.92 bits per heavy atom. The van der Waals surface area contributed by atoms with Gasteiger partial charge in [0.15, 0.2) is 11.6 Å².